The summed E-state index contributed by atoms with van der Waals surface area (Å²) in [7, 11) is -4.09. The molecule has 1 aliphatic rings. The highest BCUT2D eigenvalue weighted by atomic mass is 32.2. The van der Waals surface area contributed by atoms with Crippen LogP contribution in [0.1, 0.15) is 35.4 Å². The van der Waals surface area contributed by atoms with Gasteiger partial charge in [0.15, 0.2) is 0 Å². The normalized spacial score (nSPS) is 13.2. The Morgan fingerprint density at radius 3 is 2.05 bits per heavy atom. The van der Waals surface area contributed by atoms with Gasteiger partial charge in [-0.05, 0) is 47.7 Å². The van der Waals surface area contributed by atoms with E-state index in [2.05, 4.69) is 5.32 Å². The molecule has 0 fully saturated rings. The fraction of sp³-hybridized carbons (Fsp3) is 0.222. The van der Waals surface area contributed by atoms with Crippen LogP contribution in [0.15, 0.2) is 77.7 Å². The van der Waals surface area contributed by atoms with E-state index < -0.39 is 40.5 Å². The molecule has 1 aliphatic carbocycles. The van der Waals surface area contributed by atoms with Gasteiger partial charge in [-0.1, -0.05) is 66.2 Å². The van der Waals surface area contributed by atoms with Crippen LogP contribution >= 0.6 is 0 Å². The molecule has 0 spiro atoms. The van der Waals surface area contributed by atoms with E-state index >= 15 is 0 Å². The number of carboxylic acid groups (broad SMARTS) is 1. The molecule has 192 valence electrons. The number of amides is 2. The van der Waals surface area contributed by atoms with Crippen molar-refractivity contribution in [3.63, 3.8) is 0 Å². The van der Waals surface area contributed by atoms with Gasteiger partial charge in [-0.3, -0.25) is 4.79 Å². The number of sulfonamides is 1. The molecule has 0 aromatic heterocycles. The molecule has 0 saturated heterocycles. The molecule has 4 rings (SSSR count). The Morgan fingerprint density at radius 1 is 0.919 bits per heavy atom. The predicted molar refractivity (Wildman–Crippen MR) is 135 cm³/mol. The van der Waals surface area contributed by atoms with E-state index in [1.165, 1.54) is 12.1 Å². The smallest absolute Gasteiger partial charge is 0.407 e. The average Bonchev–Trinajstić information content (AvgIpc) is 3.19. The third kappa shape index (κ3) is 5.97. The number of carbonyl (C=O) groups excluding carboxylic acids is 2. The number of aliphatic carboxylic acids is 1. The molecule has 0 heterocycles. The summed E-state index contributed by atoms with van der Waals surface area (Å²) in [6, 6.07) is 20.1. The van der Waals surface area contributed by atoms with Crippen LogP contribution in [-0.4, -0.2) is 44.1 Å². The van der Waals surface area contributed by atoms with Crippen molar-refractivity contribution >= 4 is 28.0 Å². The number of rotatable bonds is 9. The zero-order chi connectivity index (χ0) is 26.6. The lowest BCUT2D eigenvalue weighted by Crippen LogP contribution is -2.42. The van der Waals surface area contributed by atoms with Crippen LogP contribution in [0.3, 0.4) is 0 Å². The minimum atomic E-state index is -4.09. The van der Waals surface area contributed by atoms with Gasteiger partial charge in [0, 0.05) is 12.3 Å². The van der Waals surface area contributed by atoms with Crippen LogP contribution < -0.4 is 10.0 Å². The summed E-state index contributed by atoms with van der Waals surface area (Å²) in [4.78, 5) is 36.2. The van der Waals surface area contributed by atoms with Crippen molar-refractivity contribution in [3.05, 3.63) is 89.5 Å². The minimum absolute atomic E-state index is 0.00147. The van der Waals surface area contributed by atoms with Crippen molar-refractivity contribution in [2.24, 2.45) is 0 Å². The highest BCUT2D eigenvalue weighted by molar-refractivity contribution is 7.90. The van der Waals surface area contributed by atoms with E-state index in [1.807, 2.05) is 53.3 Å². The van der Waals surface area contributed by atoms with Gasteiger partial charge in [0.05, 0.1) is 4.90 Å². The lowest BCUT2D eigenvalue weighted by molar-refractivity contribution is -0.139. The Labute approximate surface area is 214 Å². The van der Waals surface area contributed by atoms with Crippen LogP contribution in [0.4, 0.5) is 4.79 Å². The molecule has 0 aliphatic heterocycles. The second-order valence-corrected chi connectivity index (χ2v) is 10.4. The van der Waals surface area contributed by atoms with Crippen molar-refractivity contribution in [1.82, 2.24) is 10.0 Å². The maximum absolute atomic E-state index is 12.4. The monoisotopic (exact) mass is 522 g/mol. The van der Waals surface area contributed by atoms with E-state index in [0.717, 1.165) is 27.8 Å². The first-order valence-electron chi connectivity index (χ1n) is 11.6. The van der Waals surface area contributed by atoms with E-state index in [0.29, 0.717) is 0 Å². The second kappa shape index (κ2) is 10.8. The van der Waals surface area contributed by atoms with Crippen LogP contribution in [0.5, 0.6) is 0 Å². The number of hydrogen-bond acceptors (Lipinski definition) is 6. The Balaban J connectivity index is 1.32. The lowest BCUT2D eigenvalue weighted by Gasteiger charge is -2.17. The molecule has 1 atom stereocenters. The van der Waals surface area contributed by atoms with Crippen LogP contribution in [0, 0.1) is 6.92 Å². The summed E-state index contributed by atoms with van der Waals surface area (Å²) in [5.74, 6) is -2.46. The zero-order valence-corrected chi connectivity index (χ0v) is 20.8. The number of fused-ring (bicyclic) bond motifs is 3. The molecule has 0 radical (unpaired) electrons. The number of carbonyl (C=O) groups is 3. The maximum Gasteiger partial charge on any atom is 0.407 e. The number of alkyl carbamates (subject to hydrolysis) is 1. The molecule has 0 saturated carbocycles. The van der Waals surface area contributed by atoms with Gasteiger partial charge >= 0.3 is 12.1 Å². The summed E-state index contributed by atoms with van der Waals surface area (Å²) < 4.78 is 32.0. The zero-order valence-electron chi connectivity index (χ0n) is 20.0. The van der Waals surface area contributed by atoms with Gasteiger partial charge in [-0.25, -0.2) is 22.7 Å². The number of nitrogens with one attached hydrogen (secondary N) is 2. The Hall–Kier alpha value is -4.18. The summed E-state index contributed by atoms with van der Waals surface area (Å²) in [6.07, 6.45) is -1.71. The van der Waals surface area contributed by atoms with Gasteiger partial charge in [0.25, 0.3) is 10.0 Å². The van der Waals surface area contributed by atoms with E-state index in [9.17, 15) is 27.9 Å². The lowest BCUT2D eigenvalue weighted by atomic mass is 9.98. The van der Waals surface area contributed by atoms with E-state index in [1.54, 1.807) is 19.1 Å². The number of ether oxygens (including phenoxy) is 1. The fourth-order valence-electron chi connectivity index (χ4n) is 4.29. The number of aryl methyl sites for hydroxylation is 1. The maximum atomic E-state index is 12.4. The van der Waals surface area contributed by atoms with Crippen molar-refractivity contribution in [2.45, 2.75) is 36.6 Å². The number of benzene rings is 3. The molecule has 3 N–H and O–H groups in total. The van der Waals surface area contributed by atoms with Gasteiger partial charge < -0.3 is 15.2 Å². The molecular weight excluding hydrogens is 496 g/mol. The summed E-state index contributed by atoms with van der Waals surface area (Å²) in [6.45, 7) is 1.80. The molecular formula is C27H26N2O7S. The van der Waals surface area contributed by atoms with Crippen molar-refractivity contribution < 1.29 is 32.6 Å². The van der Waals surface area contributed by atoms with Crippen molar-refractivity contribution in [2.75, 3.05) is 6.61 Å². The highest BCUT2D eigenvalue weighted by Crippen LogP contribution is 2.44. The van der Waals surface area contributed by atoms with Gasteiger partial charge in [-0.2, -0.15) is 0 Å². The standard InChI is InChI=1S/C27H26N2O7S/c1-17-10-12-18(13-11-17)37(34,35)29-25(30)15-14-24(26(31)32)28-27(33)36-16-23-21-8-4-2-6-19(21)20-7-3-5-9-22(20)23/h2-13,23-24H,14-16H2,1H3,(H,28,33)(H,29,30)(H,31,32)/t24-/m1/s1. The quantitative estimate of drug-likeness (QED) is 0.390. The summed E-state index contributed by atoms with van der Waals surface area (Å²) in [5.41, 5.74) is 4.99. The third-order valence-electron chi connectivity index (χ3n) is 6.17. The highest BCUT2D eigenvalue weighted by Gasteiger charge is 2.30. The van der Waals surface area contributed by atoms with Crippen molar-refractivity contribution in [1.29, 1.82) is 0 Å². The Morgan fingerprint density at radius 2 is 1.49 bits per heavy atom. The summed E-state index contributed by atoms with van der Waals surface area (Å²) in [5, 5.41) is 11.7. The van der Waals surface area contributed by atoms with Crippen LogP contribution in [0.2, 0.25) is 0 Å². The second-order valence-electron chi connectivity index (χ2n) is 8.74. The van der Waals surface area contributed by atoms with Crippen LogP contribution in [-0.2, 0) is 24.3 Å². The van der Waals surface area contributed by atoms with Crippen LogP contribution in [0.25, 0.3) is 11.1 Å². The van der Waals surface area contributed by atoms with Gasteiger partial charge in [0.2, 0.25) is 5.91 Å². The SMILES string of the molecule is Cc1ccc(S(=O)(=O)NC(=O)CC[C@@H](NC(=O)OCC2c3ccccc3-c3ccccc32)C(=O)O)cc1. The minimum Gasteiger partial charge on any atom is -0.480 e. The fourth-order valence-corrected chi connectivity index (χ4v) is 5.31. The van der Waals surface area contributed by atoms with Crippen molar-refractivity contribution in [3.8, 4) is 11.1 Å². The first kappa shape index (κ1) is 25.9. The molecule has 37 heavy (non-hydrogen) atoms. The molecule has 2 amide bonds. The number of carboxylic acids is 1. The van der Waals surface area contributed by atoms with E-state index in [-0.39, 0.29) is 23.8 Å². The molecule has 9 nitrogen and oxygen atoms in total. The summed E-state index contributed by atoms with van der Waals surface area (Å²) >= 11 is 0. The van der Waals surface area contributed by atoms with Gasteiger partial charge in [0.1, 0.15) is 12.6 Å². The van der Waals surface area contributed by atoms with E-state index in [4.69, 9.17) is 4.74 Å². The molecule has 10 heteroatoms. The topological polar surface area (TPSA) is 139 Å². The molecule has 0 unspecified atom stereocenters. The largest absolute Gasteiger partial charge is 0.480 e. The molecule has 3 aromatic rings. The first-order chi connectivity index (χ1) is 17.7. The first-order valence-corrected chi connectivity index (χ1v) is 13.1. The molecule has 0 bridgehead atoms. The average molecular weight is 523 g/mol. The third-order valence-corrected chi connectivity index (χ3v) is 7.56. The Kier molecular flexibility index (Phi) is 7.58. The molecule has 3 aromatic carbocycles. The van der Waals surface area contributed by atoms with Gasteiger partial charge in [-0.15, -0.1) is 0 Å². The number of hydrogen-bond donors (Lipinski definition) is 3. The predicted octanol–water partition coefficient (Wildman–Crippen LogP) is 3.57. The Bertz CT molecular complexity index is 1390.